The summed E-state index contributed by atoms with van der Waals surface area (Å²) in [6.45, 7) is 4.17. The second kappa shape index (κ2) is 8.12. The zero-order chi connectivity index (χ0) is 8.53. The van der Waals surface area contributed by atoms with E-state index in [9.17, 15) is 4.79 Å². The zero-order valence-corrected chi connectivity index (χ0v) is 8.32. The normalized spacial score (nSPS) is 12.9. The van der Waals surface area contributed by atoms with Gasteiger partial charge in [-0.15, -0.1) is 0 Å². The molecule has 0 aromatic rings. The standard InChI is InChI=1S/C9H18OS/c1-3-4-5-6-7-11-9(2)8-10/h8-9H,3-7H2,1-2H3. The van der Waals surface area contributed by atoms with E-state index in [0.29, 0.717) is 0 Å². The molecule has 2 heteroatoms. The number of hydrogen-bond acceptors (Lipinski definition) is 2. The highest BCUT2D eigenvalue weighted by atomic mass is 32.2. The number of rotatable bonds is 7. The highest BCUT2D eigenvalue weighted by Gasteiger charge is 1.97. The molecule has 0 N–H and O–H groups in total. The average Bonchev–Trinajstić information content (AvgIpc) is 2.04. The first-order valence-corrected chi connectivity index (χ1v) is 5.43. The molecule has 0 saturated heterocycles. The lowest BCUT2D eigenvalue weighted by Gasteiger charge is -2.02. The van der Waals surface area contributed by atoms with Gasteiger partial charge in [0.15, 0.2) is 0 Å². The second-order valence-corrected chi connectivity index (χ2v) is 4.26. The maximum atomic E-state index is 10.2. The summed E-state index contributed by atoms with van der Waals surface area (Å²) >= 11 is 1.76. The van der Waals surface area contributed by atoms with Crippen LogP contribution in [-0.2, 0) is 4.79 Å². The van der Waals surface area contributed by atoms with Crippen molar-refractivity contribution in [2.45, 2.75) is 44.8 Å². The van der Waals surface area contributed by atoms with E-state index in [0.717, 1.165) is 12.0 Å². The van der Waals surface area contributed by atoms with Gasteiger partial charge in [0.25, 0.3) is 0 Å². The Morgan fingerprint density at radius 2 is 2.09 bits per heavy atom. The monoisotopic (exact) mass is 174 g/mol. The first-order chi connectivity index (χ1) is 5.31. The molecule has 0 aliphatic carbocycles. The molecule has 1 unspecified atom stereocenters. The highest BCUT2D eigenvalue weighted by molar-refractivity contribution is 8.00. The van der Waals surface area contributed by atoms with Gasteiger partial charge >= 0.3 is 0 Å². The van der Waals surface area contributed by atoms with Crippen LogP contribution in [0.4, 0.5) is 0 Å². The molecule has 1 nitrogen and oxygen atoms in total. The van der Waals surface area contributed by atoms with E-state index < -0.39 is 0 Å². The fourth-order valence-corrected chi connectivity index (χ4v) is 1.66. The lowest BCUT2D eigenvalue weighted by atomic mass is 10.2. The summed E-state index contributed by atoms with van der Waals surface area (Å²) in [7, 11) is 0. The lowest BCUT2D eigenvalue weighted by molar-refractivity contribution is -0.107. The van der Waals surface area contributed by atoms with Crippen LogP contribution in [0, 0.1) is 0 Å². The minimum Gasteiger partial charge on any atom is -0.302 e. The van der Waals surface area contributed by atoms with Crippen LogP contribution in [-0.4, -0.2) is 17.3 Å². The van der Waals surface area contributed by atoms with Crippen LogP contribution in [0.3, 0.4) is 0 Å². The third-order valence-electron chi connectivity index (χ3n) is 1.57. The summed E-state index contributed by atoms with van der Waals surface area (Å²) in [5.74, 6) is 1.14. The van der Waals surface area contributed by atoms with Crippen LogP contribution in [0.15, 0.2) is 0 Å². The van der Waals surface area contributed by atoms with Gasteiger partial charge in [0.05, 0.1) is 5.25 Å². The first kappa shape index (κ1) is 11.0. The molecule has 0 rings (SSSR count). The third-order valence-corrected chi connectivity index (χ3v) is 2.73. The van der Waals surface area contributed by atoms with E-state index in [1.54, 1.807) is 11.8 Å². The molecular formula is C9H18OS. The second-order valence-electron chi connectivity index (χ2n) is 2.77. The molecule has 0 aliphatic heterocycles. The van der Waals surface area contributed by atoms with Crippen molar-refractivity contribution in [3.8, 4) is 0 Å². The van der Waals surface area contributed by atoms with Gasteiger partial charge in [0, 0.05) is 0 Å². The highest BCUT2D eigenvalue weighted by Crippen LogP contribution is 2.11. The summed E-state index contributed by atoms with van der Waals surface area (Å²) in [6.07, 6.45) is 6.21. The summed E-state index contributed by atoms with van der Waals surface area (Å²) in [5, 5.41) is 0.191. The Kier molecular flexibility index (Phi) is 8.13. The molecule has 1 atom stereocenters. The van der Waals surface area contributed by atoms with E-state index in [-0.39, 0.29) is 5.25 Å². The van der Waals surface area contributed by atoms with Crippen molar-refractivity contribution in [2.75, 3.05) is 5.75 Å². The van der Waals surface area contributed by atoms with Gasteiger partial charge in [-0.05, 0) is 19.1 Å². The van der Waals surface area contributed by atoms with E-state index in [1.165, 1.54) is 25.7 Å². The first-order valence-electron chi connectivity index (χ1n) is 4.38. The molecule has 0 saturated carbocycles. The Hall–Kier alpha value is 0.0200. The van der Waals surface area contributed by atoms with Gasteiger partial charge in [0.2, 0.25) is 0 Å². The number of thioether (sulfide) groups is 1. The van der Waals surface area contributed by atoms with Crippen molar-refractivity contribution >= 4 is 18.0 Å². The van der Waals surface area contributed by atoms with Crippen molar-refractivity contribution in [1.29, 1.82) is 0 Å². The molecule has 0 radical (unpaired) electrons. The van der Waals surface area contributed by atoms with Crippen molar-refractivity contribution in [3.05, 3.63) is 0 Å². The van der Waals surface area contributed by atoms with Crippen molar-refractivity contribution in [1.82, 2.24) is 0 Å². The van der Waals surface area contributed by atoms with Gasteiger partial charge in [0.1, 0.15) is 6.29 Å². The fraction of sp³-hybridized carbons (Fsp3) is 0.889. The predicted molar refractivity (Wildman–Crippen MR) is 52.1 cm³/mol. The zero-order valence-electron chi connectivity index (χ0n) is 7.51. The van der Waals surface area contributed by atoms with Crippen LogP contribution in [0.2, 0.25) is 0 Å². The Balaban J connectivity index is 2.95. The van der Waals surface area contributed by atoms with Crippen molar-refractivity contribution < 1.29 is 4.79 Å². The summed E-state index contributed by atoms with van der Waals surface area (Å²) in [6, 6.07) is 0. The topological polar surface area (TPSA) is 17.1 Å². The predicted octanol–water partition coefficient (Wildman–Crippen LogP) is 2.89. The fourth-order valence-electron chi connectivity index (χ4n) is 0.837. The molecule has 0 fully saturated rings. The van der Waals surface area contributed by atoms with Gasteiger partial charge in [-0.3, -0.25) is 0 Å². The van der Waals surface area contributed by atoms with Crippen LogP contribution in [0.1, 0.15) is 39.5 Å². The third kappa shape index (κ3) is 7.92. The molecular weight excluding hydrogens is 156 g/mol. The van der Waals surface area contributed by atoms with Crippen LogP contribution in [0.5, 0.6) is 0 Å². The van der Waals surface area contributed by atoms with Gasteiger partial charge in [-0.25, -0.2) is 0 Å². The minimum absolute atomic E-state index is 0.191. The maximum Gasteiger partial charge on any atom is 0.132 e. The van der Waals surface area contributed by atoms with Crippen molar-refractivity contribution in [2.24, 2.45) is 0 Å². The smallest absolute Gasteiger partial charge is 0.132 e. The van der Waals surface area contributed by atoms with Crippen LogP contribution < -0.4 is 0 Å². The molecule has 0 amide bonds. The number of carbonyl (C=O) groups is 1. The average molecular weight is 174 g/mol. The quantitative estimate of drug-likeness (QED) is 0.436. The molecule has 66 valence electrons. The number of carbonyl (C=O) groups excluding carboxylic acids is 1. The van der Waals surface area contributed by atoms with E-state index in [4.69, 9.17) is 0 Å². The molecule has 0 aromatic carbocycles. The minimum atomic E-state index is 0.191. The molecule has 0 heterocycles. The SMILES string of the molecule is CCCCCCSC(C)C=O. The van der Waals surface area contributed by atoms with Crippen molar-refractivity contribution in [3.63, 3.8) is 0 Å². The van der Waals surface area contributed by atoms with Gasteiger partial charge < -0.3 is 4.79 Å². The van der Waals surface area contributed by atoms with Gasteiger partial charge in [-0.2, -0.15) is 11.8 Å². The summed E-state index contributed by atoms with van der Waals surface area (Å²) in [4.78, 5) is 10.2. The molecule has 0 bridgehead atoms. The largest absolute Gasteiger partial charge is 0.302 e. The maximum absolute atomic E-state index is 10.2. The van der Waals surface area contributed by atoms with E-state index >= 15 is 0 Å². The Labute approximate surface area is 73.9 Å². The van der Waals surface area contributed by atoms with Crippen LogP contribution >= 0.6 is 11.8 Å². The molecule has 0 spiro atoms. The molecule has 0 aliphatic rings. The Morgan fingerprint density at radius 1 is 1.36 bits per heavy atom. The number of aldehydes is 1. The lowest BCUT2D eigenvalue weighted by Crippen LogP contribution is -1.97. The Morgan fingerprint density at radius 3 is 2.64 bits per heavy atom. The van der Waals surface area contributed by atoms with E-state index in [2.05, 4.69) is 6.92 Å². The molecule has 11 heavy (non-hydrogen) atoms. The number of hydrogen-bond donors (Lipinski definition) is 0. The van der Waals surface area contributed by atoms with Crippen LogP contribution in [0.25, 0.3) is 0 Å². The number of unbranched alkanes of at least 4 members (excludes halogenated alkanes) is 3. The summed E-state index contributed by atoms with van der Waals surface area (Å²) in [5.41, 5.74) is 0. The van der Waals surface area contributed by atoms with Gasteiger partial charge in [-0.1, -0.05) is 26.2 Å². The molecule has 0 aromatic heterocycles. The Bertz CT molecular complexity index is 93.6. The summed E-state index contributed by atoms with van der Waals surface area (Å²) < 4.78 is 0. The van der Waals surface area contributed by atoms with E-state index in [1.807, 2.05) is 6.92 Å².